The second-order valence-corrected chi connectivity index (χ2v) is 6.11. The van der Waals surface area contributed by atoms with E-state index in [0.717, 1.165) is 29.9 Å². The molecule has 1 aliphatic heterocycles. The molecule has 0 aromatic heterocycles. The van der Waals surface area contributed by atoms with Gasteiger partial charge in [0.2, 0.25) is 5.91 Å². The van der Waals surface area contributed by atoms with E-state index >= 15 is 0 Å². The lowest BCUT2D eigenvalue weighted by Gasteiger charge is -2.33. The lowest BCUT2D eigenvalue weighted by atomic mass is 10.0. The van der Waals surface area contributed by atoms with Crippen molar-refractivity contribution in [1.29, 1.82) is 0 Å². The first kappa shape index (κ1) is 15.8. The van der Waals surface area contributed by atoms with Gasteiger partial charge in [-0.15, -0.1) is 0 Å². The molecule has 21 heavy (non-hydrogen) atoms. The van der Waals surface area contributed by atoms with Crippen molar-refractivity contribution in [1.82, 2.24) is 4.90 Å². The second kappa shape index (κ2) is 7.46. The number of nitrogens with two attached hydrogens (primary N) is 1. The molecule has 0 aliphatic carbocycles. The number of hydrogen-bond acceptors (Lipinski definition) is 3. The molecule has 1 saturated heterocycles. The molecule has 3 N–H and O–H groups in total. The van der Waals surface area contributed by atoms with Gasteiger partial charge in [-0.2, -0.15) is 0 Å². The maximum Gasteiger partial charge on any atom is 0.224 e. The van der Waals surface area contributed by atoms with Crippen LogP contribution in [-0.2, 0) is 4.79 Å². The number of likely N-dealkylation sites (tertiary alicyclic amines) is 1. The topological polar surface area (TPSA) is 58.4 Å². The largest absolute Gasteiger partial charge is 0.399 e. The van der Waals surface area contributed by atoms with Crippen LogP contribution in [0.4, 0.5) is 11.4 Å². The standard InChI is InChI=1S/C17H27N3O/c1-13-12-15(18)8-9-16(13)19-17(21)7-5-11-20-10-4-3-6-14(20)2/h8-9,12,14H,3-7,10-11,18H2,1-2H3,(H,19,21). The van der Waals surface area contributed by atoms with Crippen molar-refractivity contribution in [2.24, 2.45) is 0 Å². The second-order valence-electron chi connectivity index (χ2n) is 6.11. The number of nitrogens with zero attached hydrogens (tertiary/aromatic N) is 1. The molecule has 4 nitrogen and oxygen atoms in total. The Bertz CT molecular complexity index is 487. The summed E-state index contributed by atoms with van der Waals surface area (Å²) in [6.45, 7) is 6.45. The Morgan fingerprint density at radius 3 is 2.95 bits per heavy atom. The fourth-order valence-corrected chi connectivity index (χ4v) is 2.97. The molecular formula is C17H27N3O. The van der Waals surface area contributed by atoms with Crippen LogP contribution < -0.4 is 11.1 Å². The molecule has 0 saturated carbocycles. The fourth-order valence-electron chi connectivity index (χ4n) is 2.97. The van der Waals surface area contributed by atoms with Gasteiger partial charge in [-0.05, 0) is 70.0 Å². The van der Waals surface area contributed by atoms with Crippen molar-refractivity contribution in [2.75, 3.05) is 24.1 Å². The summed E-state index contributed by atoms with van der Waals surface area (Å²) in [7, 11) is 0. The van der Waals surface area contributed by atoms with E-state index in [9.17, 15) is 4.79 Å². The lowest BCUT2D eigenvalue weighted by molar-refractivity contribution is -0.116. The van der Waals surface area contributed by atoms with E-state index in [4.69, 9.17) is 5.73 Å². The maximum absolute atomic E-state index is 12.0. The van der Waals surface area contributed by atoms with Gasteiger partial charge in [-0.3, -0.25) is 4.79 Å². The van der Waals surface area contributed by atoms with Gasteiger partial charge in [-0.1, -0.05) is 6.42 Å². The molecule has 1 atom stereocenters. The van der Waals surface area contributed by atoms with Crippen LogP contribution >= 0.6 is 0 Å². The highest BCUT2D eigenvalue weighted by atomic mass is 16.1. The van der Waals surface area contributed by atoms with E-state index in [1.54, 1.807) is 0 Å². The molecule has 2 rings (SSSR count). The number of aryl methyl sites for hydroxylation is 1. The summed E-state index contributed by atoms with van der Waals surface area (Å²) >= 11 is 0. The average Bonchev–Trinajstić information content (AvgIpc) is 2.44. The minimum Gasteiger partial charge on any atom is -0.399 e. The lowest BCUT2D eigenvalue weighted by Crippen LogP contribution is -2.38. The summed E-state index contributed by atoms with van der Waals surface area (Å²) in [5.74, 6) is 0.0903. The summed E-state index contributed by atoms with van der Waals surface area (Å²) in [4.78, 5) is 14.5. The smallest absolute Gasteiger partial charge is 0.224 e. The molecule has 1 unspecified atom stereocenters. The number of anilines is 2. The molecule has 4 heteroatoms. The summed E-state index contributed by atoms with van der Waals surface area (Å²) in [5.41, 5.74) is 8.31. The van der Waals surface area contributed by atoms with Crippen molar-refractivity contribution in [3.63, 3.8) is 0 Å². The molecule has 116 valence electrons. The van der Waals surface area contributed by atoms with Crippen LogP contribution in [0.15, 0.2) is 18.2 Å². The monoisotopic (exact) mass is 289 g/mol. The molecule has 1 heterocycles. The van der Waals surface area contributed by atoms with Crippen LogP contribution in [0.2, 0.25) is 0 Å². The molecule has 1 aromatic rings. The van der Waals surface area contributed by atoms with E-state index in [1.165, 1.54) is 25.8 Å². The zero-order valence-corrected chi connectivity index (χ0v) is 13.2. The Balaban J connectivity index is 1.74. The quantitative estimate of drug-likeness (QED) is 0.819. The first-order valence-electron chi connectivity index (χ1n) is 7.96. The van der Waals surface area contributed by atoms with Gasteiger partial charge in [0, 0.05) is 23.8 Å². The van der Waals surface area contributed by atoms with Gasteiger partial charge < -0.3 is 16.0 Å². The van der Waals surface area contributed by atoms with Gasteiger partial charge in [0.05, 0.1) is 0 Å². The molecule has 1 aliphatic rings. The Morgan fingerprint density at radius 2 is 2.24 bits per heavy atom. The number of hydrogen-bond donors (Lipinski definition) is 2. The molecular weight excluding hydrogens is 262 g/mol. The van der Waals surface area contributed by atoms with Crippen molar-refractivity contribution >= 4 is 17.3 Å². The summed E-state index contributed by atoms with van der Waals surface area (Å²) in [6, 6.07) is 6.24. The normalized spacial score (nSPS) is 19.4. The molecule has 0 bridgehead atoms. The van der Waals surface area contributed by atoms with Gasteiger partial charge in [0.1, 0.15) is 0 Å². The number of piperidine rings is 1. The molecule has 1 aromatic carbocycles. The number of amides is 1. The highest BCUT2D eigenvalue weighted by Crippen LogP contribution is 2.19. The van der Waals surface area contributed by atoms with Crippen molar-refractivity contribution in [3.05, 3.63) is 23.8 Å². The molecule has 0 spiro atoms. The van der Waals surface area contributed by atoms with E-state index in [2.05, 4.69) is 17.1 Å². The zero-order chi connectivity index (χ0) is 15.2. The zero-order valence-electron chi connectivity index (χ0n) is 13.2. The van der Waals surface area contributed by atoms with Crippen LogP contribution in [0.25, 0.3) is 0 Å². The van der Waals surface area contributed by atoms with Crippen LogP contribution in [0.1, 0.15) is 44.6 Å². The van der Waals surface area contributed by atoms with Crippen LogP contribution in [-0.4, -0.2) is 29.9 Å². The van der Waals surface area contributed by atoms with Crippen LogP contribution in [0.3, 0.4) is 0 Å². The highest BCUT2D eigenvalue weighted by Gasteiger charge is 2.17. The first-order chi connectivity index (χ1) is 10.1. The number of carbonyl (C=O) groups excluding carboxylic acids is 1. The molecule has 1 amide bonds. The average molecular weight is 289 g/mol. The van der Waals surface area contributed by atoms with Crippen LogP contribution in [0, 0.1) is 6.92 Å². The third kappa shape index (κ3) is 4.74. The van der Waals surface area contributed by atoms with Crippen molar-refractivity contribution < 1.29 is 4.79 Å². The summed E-state index contributed by atoms with van der Waals surface area (Å²) < 4.78 is 0. The minimum absolute atomic E-state index is 0.0903. The Hall–Kier alpha value is -1.55. The Morgan fingerprint density at radius 1 is 1.43 bits per heavy atom. The third-order valence-corrected chi connectivity index (χ3v) is 4.31. The van der Waals surface area contributed by atoms with E-state index in [0.29, 0.717) is 12.5 Å². The number of nitrogens with one attached hydrogen (secondary N) is 1. The Labute approximate surface area is 127 Å². The van der Waals surface area contributed by atoms with Crippen LogP contribution in [0.5, 0.6) is 0 Å². The van der Waals surface area contributed by atoms with Crippen molar-refractivity contribution in [3.8, 4) is 0 Å². The SMILES string of the molecule is Cc1cc(N)ccc1NC(=O)CCCN1CCCCC1C. The predicted molar refractivity (Wildman–Crippen MR) is 88.3 cm³/mol. The van der Waals surface area contributed by atoms with Crippen molar-refractivity contribution in [2.45, 2.75) is 52.0 Å². The predicted octanol–water partition coefficient (Wildman–Crippen LogP) is 3.17. The van der Waals surface area contributed by atoms with E-state index in [1.807, 2.05) is 25.1 Å². The number of nitrogen functional groups attached to an aromatic ring is 1. The molecule has 1 fully saturated rings. The molecule has 0 radical (unpaired) electrons. The first-order valence-corrected chi connectivity index (χ1v) is 7.96. The van der Waals surface area contributed by atoms with E-state index in [-0.39, 0.29) is 5.91 Å². The van der Waals surface area contributed by atoms with Gasteiger partial charge in [0.15, 0.2) is 0 Å². The summed E-state index contributed by atoms with van der Waals surface area (Å²) in [5, 5.41) is 2.97. The number of rotatable bonds is 5. The Kier molecular flexibility index (Phi) is 5.62. The minimum atomic E-state index is 0.0903. The fraction of sp³-hybridized carbons (Fsp3) is 0.588. The highest BCUT2D eigenvalue weighted by molar-refractivity contribution is 5.91. The maximum atomic E-state index is 12.0. The van der Waals surface area contributed by atoms with Gasteiger partial charge in [-0.25, -0.2) is 0 Å². The number of carbonyl (C=O) groups is 1. The van der Waals surface area contributed by atoms with Gasteiger partial charge >= 0.3 is 0 Å². The number of benzene rings is 1. The summed E-state index contributed by atoms with van der Waals surface area (Å²) in [6.07, 6.45) is 5.42. The van der Waals surface area contributed by atoms with Gasteiger partial charge in [0.25, 0.3) is 0 Å². The van der Waals surface area contributed by atoms with E-state index < -0.39 is 0 Å². The third-order valence-electron chi connectivity index (χ3n) is 4.31.